The zero-order valence-corrected chi connectivity index (χ0v) is 12.3. The van der Waals surface area contributed by atoms with Gasteiger partial charge in [-0.3, -0.25) is 4.79 Å². The summed E-state index contributed by atoms with van der Waals surface area (Å²) in [5.74, 6) is 0.621. The molecule has 102 valence electrons. The predicted molar refractivity (Wildman–Crippen MR) is 78.1 cm³/mol. The van der Waals surface area contributed by atoms with E-state index >= 15 is 0 Å². The topological polar surface area (TPSA) is 56.5 Å². The standard InChI is InChI=1S/C13H10ClN3O2S/c1-7-5-9(3-4-10(7)14)19-13-16-17-11(18)6-8(2)15-12(17)20-13/h3-6H,1-2H3. The Morgan fingerprint density at radius 2 is 2.10 bits per heavy atom. The first-order valence-corrected chi connectivity index (χ1v) is 7.04. The van der Waals surface area contributed by atoms with Gasteiger partial charge in [0.15, 0.2) is 0 Å². The maximum absolute atomic E-state index is 11.8. The monoisotopic (exact) mass is 307 g/mol. The van der Waals surface area contributed by atoms with Crippen molar-refractivity contribution < 1.29 is 4.74 Å². The average Bonchev–Trinajstić information content (AvgIpc) is 2.76. The van der Waals surface area contributed by atoms with Gasteiger partial charge in [0.1, 0.15) is 5.75 Å². The lowest BCUT2D eigenvalue weighted by molar-refractivity contribution is 0.469. The number of aromatic nitrogens is 3. The molecule has 0 aliphatic carbocycles. The van der Waals surface area contributed by atoms with Gasteiger partial charge in [0.05, 0.1) is 0 Å². The zero-order valence-electron chi connectivity index (χ0n) is 10.8. The first-order chi connectivity index (χ1) is 9.52. The van der Waals surface area contributed by atoms with E-state index in [1.807, 2.05) is 13.0 Å². The molecule has 0 atom stereocenters. The second kappa shape index (κ2) is 4.88. The van der Waals surface area contributed by atoms with Gasteiger partial charge in [-0.25, -0.2) is 4.98 Å². The Bertz CT molecular complexity index is 856. The molecule has 0 bridgehead atoms. The van der Waals surface area contributed by atoms with Gasteiger partial charge in [0, 0.05) is 16.8 Å². The number of nitrogens with zero attached hydrogens (tertiary/aromatic N) is 3. The van der Waals surface area contributed by atoms with Crippen molar-refractivity contribution in [1.82, 2.24) is 14.6 Å². The van der Waals surface area contributed by atoms with Gasteiger partial charge >= 0.3 is 0 Å². The molecule has 5 nitrogen and oxygen atoms in total. The Balaban J connectivity index is 2.00. The van der Waals surface area contributed by atoms with Crippen molar-refractivity contribution in [3.05, 3.63) is 50.9 Å². The maximum Gasteiger partial charge on any atom is 0.299 e. The summed E-state index contributed by atoms with van der Waals surface area (Å²) in [5.41, 5.74) is 1.36. The van der Waals surface area contributed by atoms with Gasteiger partial charge in [0.2, 0.25) is 4.96 Å². The minimum absolute atomic E-state index is 0.217. The molecule has 0 saturated carbocycles. The van der Waals surface area contributed by atoms with E-state index in [1.165, 1.54) is 21.9 Å². The summed E-state index contributed by atoms with van der Waals surface area (Å²) in [6, 6.07) is 6.76. The zero-order chi connectivity index (χ0) is 14.3. The second-order valence-electron chi connectivity index (χ2n) is 4.31. The van der Waals surface area contributed by atoms with E-state index in [0.29, 0.717) is 26.6 Å². The van der Waals surface area contributed by atoms with Crippen molar-refractivity contribution in [2.24, 2.45) is 0 Å². The number of rotatable bonds is 2. The molecule has 0 N–H and O–H groups in total. The number of hydrogen-bond acceptors (Lipinski definition) is 5. The van der Waals surface area contributed by atoms with Crippen LogP contribution in [0.4, 0.5) is 0 Å². The van der Waals surface area contributed by atoms with Gasteiger partial charge in [0.25, 0.3) is 10.8 Å². The third kappa shape index (κ3) is 2.39. The van der Waals surface area contributed by atoms with E-state index in [1.54, 1.807) is 19.1 Å². The molecule has 2 heterocycles. The van der Waals surface area contributed by atoms with Crippen molar-refractivity contribution in [2.45, 2.75) is 13.8 Å². The third-order valence-electron chi connectivity index (χ3n) is 2.69. The molecular weight excluding hydrogens is 298 g/mol. The molecule has 0 unspecified atom stereocenters. The lowest BCUT2D eigenvalue weighted by Gasteiger charge is -2.03. The Labute approximate surface area is 123 Å². The summed E-state index contributed by atoms with van der Waals surface area (Å²) in [4.78, 5) is 16.5. The van der Waals surface area contributed by atoms with Gasteiger partial charge in [-0.15, -0.1) is 5.10 Å². The van der Waals surface area contributed by atoms with Gasteiger partial charge in [-0.05, 0) is 48.9 Å². The maximum atomic E-state index is 11.8. The van der Waals surface area contributed by atoms with Crippen LogP contribution >= 0.6 is 22.9 Å². The van der Waals surface area contributed by atoms with Crippen LogP contribution < -0.4 is 10.3 Å². The summed E-state index contributed by atoms with van der Waals surface area (Å²) < 4.78 is 6.88. The van der Waals surface area contributed by atoms with Crippen LogP contribution in [0.25, 0.3) is 4.96 Å². The SMILES string of the molecule is Cc1cc(=O)n2nc(Oc3ccc(Cl)c(C)c3)sc2n1. The number of fused-ring (bicyclic) bond motifs is 1. The van der Waals surface area contributed by atoms with Crippen LogP contribution in [0, 0.1) is 13.8 Å². The van der Waals surface area contributed by atoms with E-state index < -0.39 is 0 Å². The van der Waals surface area contributed by atoms with E-state index in [2.05, 4.69) is 10.1 Å². The minimum Gasteiger partial charge on any atom is -0.430 e. The van der Waals surface area contributed by atoms with Crippen molar-refractivity contribution in [3.63, 3.8) is 0 Å². The number of halogens is 1. The minimum atomic E-state index is -0.217. The molecule has 0 saturated heterocycles. The number of benzene rings is 1. The Morgan fingerprint density at radius 1 is 1.30 bits per heavy atom. The van der Waals surface area contributed by atoms with E-state index in [4.69, 9.17) is 16.3 Å². The molecule has 2 aromatic heterocycles. The smallest absolute Gasteiger partial charge is 0.299 e. The fourth-order valence-corrected chi connectivity index (χ4v) is 2.67. The van der Waals surface area contributed by atoms with Crippen molar-refractivity contribution in [1.29, 1.82) is 0 Å². The summed E-state index contributed by atoms with van der Waals surface area (Å²) in [6.07, 6.45) is 0. The number of aryl methyl sites for hydroxylation is 2. The fourth-order valence-electron chi connectivity index (χ4n) is 1.73. The first-order valence-electron chi connectivity index (χ1n) is 5.84. The van der Waals surface area contributed by atoms with E-state index in [9.17, 15) is 4.79 Å². The van der Waals surface area contributed by atoms with Crippen LogP contribution in [-0.2, 0) is 0 Å². The molecule has 0 amide bonds. The predicted octanol–water partition coefficient (Wildman–Crippen LogP) is 3.21. The summed E-state index contributed by atoms with van der Waals surface area (Å²) in [6.45, 7) is 3.66. The molecule has 3 rings (SSSR count). The Hall–Kier alpha value is -1.92. The fraction of sp³-hybridized carbons (Fsp3) is 0.154. The molecule has 1 aromatic carbocycles. The highest BCUT2D eigenvalue weighted by Crippen LogP contribution is 2.28. The normalized spacial score (nSPS) is 10.9. The lowest BCUT2D eigenvalue weighted by atomic mass is 10.2. The van der Waals surface area contributed by atoms with Crippen molar-refractivity contribution in [3.8, 4) is 10.9 Å². The highest BCUT2D eigenvalue weighted by molar-refractivity contribution is 7.18. The lowest BCUT2D eigenvalue weighted by Crippen LogP contribution is -2.14. The summed E-state index contributed by atoms with van der Waals surface area (Å²) in [5, 5.41) is 5.14. The van der Waals surface area contributed by atoms with E-state index in [-0.39, 0.29) is 5.56 Å². The molecule has 3 aromatic rings. The highest BCUT2D eigenvalue weighted by atomic mass is 35.5. The van der Waals surface area contributed by atoms with Crippen LogP contribution in [0.3, 0.4) is 0 Å². The Morgan fingerprint density at radius 3 is 2.85 bits per heavy atom. The van der Waals surface area contributed by atoms with Crippen molar-refractivity contribution in [2.75, 3.05) is 0 Å². The molecule has 0 spiro atoms. The first kappa shape index (κ1) is 13.1. The van der Waals surface area contributed by atoms with Crippen LogP contribution in [0.2, 0.25) is 5.02 Å². The van der Waals surface area contributed by atoms with Gasteiger partial charge in [-0.1, -0.05) is 11.6 Å². The largest absolute Gasteiger partial charge is 0.430 e. The number of ether oxygens (including phenoxy) is 1. The number of hydrogen-bond donors (Lipinski definition) is 0. The molecule has 7 heteroatoms. The average molecular weight is 308 g/mol. The molecule has 0 radical (unpaired) electrons. The van der Waals surface area contributed by atoms with Gasteiger partial charge in [-0.2, -0.15) is 4.52 Å². The molecule has 20 heavy (non-hydrogen) atoms. The molecule has 0 aliphatic rings. The van der Waals surface area contributed by atoms with Crippen molar-refractivity contribution >= 4 is 27.9 Å². The molecule has 0 aliphatic heterocycles. The van der Waals surface area contributed by atoms with Crippen LogP contribution in [0.1, 0.15) is 11.3 Å². The summed E-state index contributed by atoms with van der Waals surface area (Å²) >= 11 is 7.18. The Kier molecular flexibility index (Phi) is 3.19. The van der Waals surface area contributed by atoms with E-state index in [0.717, 1.165) is 5.56 Å². The van der Waals surface area contributed by atoms with Gasteiger partial charge < -0.3 is 4.74 Å². The van der Waals surface area contributed by atoms with Crippen LogP contribution in [0.15, 0.2) is 29.1 Å². The van der Waals surface area contributed by atoms with Crippen LogP contribution in [0.5, 0.6) is 10.9 Å². The highest BCUT2D eigenvalue weighted by Gasteiger charge is 2.10. The second-order valence-corrected chi connectivity index (χ2v) is 5.64. The van der Waals surface area contributed by atoms with Crippen LogP contribution in [-0.4, -0.2) is 14.6 Å². The summed E-state index contributed by atoms with van der Waals surface area (Å²) in [7, 11) is 0. The quantitative estimate of drug-likeness (QED) is 0.729. The molecule has 0 fully saturated rings. The molecular formula is C13H10ClN3O2S. The third-order valence-corrected chi connectivity index (χ3v) is 3.90.